The summed E-state index contributed by atoms with van der Waals surface area (Å²) in [5.41, 5.74) is 4.67. The highest BCUT2D eigenvalue weighted by molar-refractivity contribution is 7.92. The number of hydrogen-bond donors (Lipinski definition) is 1. The van der Waals surface area contributed by atoms with Gasteiger partial charge in [0.1, 0.15) is 0 Å². The Labute approximate surface area is 261 Å². The Hall–Kier alpha value is -3.46. The predicted molar refractivity (Wildman–Crippen MR) is 172 cm³/mol. The highest BCUT2D eigenvalue weighted by Gasteiger charge is 2.45. The number of benzene rings is 2. The SMILES string of the molecule is CC(=O)N1C[C@H]2CC(C3Cc4cccc(c4)S(=O)(=O)Nc4nc(cc(-c5c(C)cccc5C)n4)OC[C@H]3CC(C)C)C[C@H]2C1. The number of ether oxygens (including phenoxy) is 1. The summed E-state index contributed by atoms with van der Waals surface area (Å²) in [7, 11) is -3.94. The molecule has 1 amide bonds. The molecule has 44 heavy (non-hydrogen) atoms. The van der Waals surface area contributed by atoms with Gasteiger partial charge in [0.25, 0.3) is 10.0 Å². The van der Waals surface area contributed by atoms with Gasteiger partial charge in [-0.3, -0.25) is 4.79 Å². The fourth-order valence-electron chi connectivity index (χ4n) is 8.02. The third kappa shape index (κ3) is 6.34. The molecule has 3 aromatic rings. The highest BCUT2D eigenvalue weighted by atomic mass is 32.2. The monoisotopic (exact) mass is 616 g/mol. The van der Waals surface area contributed by atoms with Crippen LogP contribution < -0.4 is 9.46 Å². The first-order valence-corrected chi connectivity index (χ1v) is 17.4. The molecule has 2 fully saturated rings. The maximum absolute atomic E-state index is 13.7. The van der Waals surface area contributed by atoms with Crippen LogP contribution in [0, 0.1) is 49.4 Å². The summed E-state index contributed by atoms with van der Waals surface area (Å²) in [6.07, 6.45) is 3.94. The van der Waals surface area contributed by atoms with Crippen molar-refractivity contribution < 1.29 is 17.9 Å². The van der Waals surface area contributed by atoms with Gasteiger partial charge in [-0.1, -0.05) is 44.2 Å². The Bertz CT molecular complexity index is 1620. The lowest BCUT2D eigenvalue weighted by atomic mass is 9.73. The third-order valence-corrected chi connectivity index (χ3v) is 11.3. The van der Waals surface area contributed by atoms with Gasteiger partial charge in [0, 0.05) is 31.6 Å². The molecule has 2 aliphatic heterocycles. The van der Waals surface area contributed by atoms with E-state index in [0.29, 0.717) is 47.8 Å². The van der Waals surface area contributed by atoms with E-state index in [-0.39, 0.29) is 22.7 Å². The lowest BCUT2D eigenvalue weighted by molar-refractivity contribution is -0.128. The number of fused-ring (bicyclic) bond motifs is 5. The standard InChI is InChI=1S/C35H44N4O4S/c1-21(2)12-29-20-43-33-17-32(34-22(3)8-6-9-23(34)4)36-35(37-33)38-44(41,42)30-11-7-10-25(13-30)14-31(29)26-15-27-18-39(24(5)40)19-28(27)16-26/h6-11,13,17,21,26-29,31H,12,14-16,18-20H2,1-5H3,(H,36,37,38)/t26?,27-,28+,29-,31?/m1/s1. The summed E-state index contributed by atoms with van der Waals surface area (Å²) in [6.45, 7) is 12.4. The predicted octanol–water partition coefficient (Wildman–Crippen LogP) is 6.28. The van der Waals surface area contributed by atoms with E-state index in [1.165, 1.54) is 0 Å². The topological polar surface area (TPSA) is 101 Å². The van der Waals surface area contributed by atoms with E-state index in [0.717, 1.165) is 61.0 Å². The summed E-state index contributed by atoms with van der Waals surface area (Å²) in [5, 5.41) is 0. The van der Waals surface area contributed by atoms with E-state index in [2.05, 4.69) is 28.5 Å². The number of aryl methyl sites for hydroxylation is 2. The number of nitrogens with zero attached hydrogens (tertiary/aromatic N) is 3. The molecule has 2 unspecified atom stereocenters. The Morgan fingerprint density at radius 3 is 2.34 bits per heavy atom. The van der Waals surface area contributed by atoms with Crippen LogP contribution in [0.5, 0.6) is 5.88 Å². The van der Waals surface area contributed by atoms with E-state index < -0.39 is 10.0 Å². The minimum Gasteiger partial charge on any atom is -0.477 e. The zero-order chi connectivity index (χ0) is 31.2. The van der Waals surface area contributed by atoms with Gasteiger partial charge in [-0.05, 0) is 104 Å². The summed E-state index contributed by atoms with van der Waals surface area (Å²) in [4.78, 5) is 23.5. The average molecular weight is 617 g/mol. The first-order chi connectivity index (χ1) is 21.0. The van der Waals surface area contributed by atoms with Gasteiger partial charge in [0.05, 0.1) is 17.2 Å². The number of nitrogens with one attached hydrogen (secondary N) is 1. The molecule has 1 saturated heterocycles. The normalized spacial score (nSPS) is 26.1. The number of amides is 1. The van der Waals surface area contributed by atoms with Crippen LogP contribution in [0.1, 0.15) is 56.7 Å². The van der Waals surface area contributed by atoms with Crippen LogP contribution in [0.3, 0.4) is 0 Å². The Balaban J connectivity index is 1.41. The Morgan fingerprint density at radius 2 is 1.68 bits per heavy atom. The van der Waals surface area contributed by atoms with E-state index >= 15 is 0 Å². The van der Waals surface area contributed by atoms with Crippen molar-refractivity contribution in [1.82, 2.24) is 14.9 Å². The molecule has 1 aliphatic carbocycles. The number of aromatic nitrogens is 2. The minimum atomic E-state index is -3.94. The second kappa shape index (κ2) is 12.1. The van der Waals surface area contributed by atoms with E-state index in [9.17, 15) is 13.2 Å². The molecular formula is C35H44N4O4S. The van der Waals surface area contributed by atoms with Crippen molar-refractivity contribution in [2.75, 3.05) is 24.4 Å². The van der Waals surface area contributed by atoms with Crippen LogP contribution in [0.25, 0.3) is 11.3 Å². The molecule has 3 heterocycles. The fourth-order valence-corrected chi connectivity index (χ4v) is 9.03. The molecule has 4 bridgehead atoms. The first kappa shape index (κ1) is 30.6. The first-order valence-electron chi connectivity index (χ1n) is 15.9. The number of sulfonamides is 1. The second-order valence-electron chi connectivity index (χ2n) is 13.7. The molecule has 1 N–H and O–H groups in total. The number of anilines is 1. The molecule has 2 aromatic carbocycles. The Kier molecular flexibility index (Phi) is 8.44. The van der Waals surface area contributed by atoms with Crippen molar-refractivity contribution in [1.29, 1.82) is 0 Å². The molecule has 6 rings (SSSR count). The molecule has 234 valence electrons. The van der Waals surface area contributed by atoms with Gasteiger partial charge in [0.2, 0.25) is 17.7 Å². The van der Waals surface area contributed by atoms with Crippen LogP contribution in [-0.2, 0) is 21.2 Å². The molecular weight excluding hydrogens is 572 g/mol. The maximum Gasteiger partial charge on any atom is 0.264 e. The van der Waals surface area contributed by atoms with Crippen LogP contribution in [0.15, 0.2) is 53.4 Å². The molecule has 1 aromatic heterocycles. The highest BCUT2D eigenvalue weighted by Crippen LogP contribution is 2.48. The zero-order valence-corrected chi connectivity index (χ0v) is 27.2. The van der Waals surface area contributed by atoms with Gasteiger partial charge in [-0.2, -0.15) is 4.98 Å². The van der Waals surface area contributed by atoms with Gasteiger partial charge in [-0.25, -0.2) is 18.1 Å². The summed E-state index contributed by atoms with van der Waals surface area (Å²) in [5.74, 6) is 3.08. The van der Waals surface area contributed by atoms with E-state index in [1.807, 2.05) is 61.2 Å². The maximum atomic E-state index is 13.7. The van der Waals surface area contributed by atoms with Crippen LogP contribution >= 0.6 is 0 Å². The lowest BCUT2D eigenvalue weighted by Crippen LogP contribution is -2.32. The number of likely N-dealkylation sites (tertiary alicyclic amines) is 1. The van der Waals surface area contributed by atoms with Crippen molar-refractivity contribution in [2.24, 2.45) is 35.5 Å². The van der Waals surface area contributed by atoms with E-state index in [4.69, 9.17) is 4.74 Å². The van der Waals surface area contributed by atoms with Crippen molar-refractivity contribution in [2.45, 2.75) is 65.2 Å². The number of carbonyl (C=O) groups is 1. The molecule has 5 atom stereocenters. The van der Waals surface area contributed by atoms with Crippen LogP contribution in [0.2, 0.25) is 0 Å². The lowest BCUT2D eigenvalue weighted by Gasteiger charge is -2.34. The molecule has 8 nitrogen and oxygen atoms in total. The quantitative estimate of drug-likeness (QED) is 0.370. The van der Waals surface area contributed by atoms with Crippen LogP contribution in [-0.4, -0.2) is 48.9 Å². The summed E-state index contributed by atoms with van der Waals surface area (Å²) in [6, 6.07) is 15.2. The number of hydrogen-bond acceptors (Lipinski definition) is 6. The van der Waals surface area contributed by atoms with Crippen molar-refractivity contribution >= 4 is 21.9 Å². The molecule has 1 saturated carbocycles. The third-order valence-electron chi connectivity index (χ3n) is 10.0. The van der Waals surface area contributed by atoms with Gasteiger partial charge in [0.15, 0.2) is 0 Å². The molecule has 3 aliphatic rings. The fraction of sp³-hybridized carbons (Fsp3) is 0.514. The number of rotatable bonds is 4. The van der Waals surface area contributed by atoms with Gasteiger partial charge >= 0.3 is 0 Å². The number of carbonyl (C=O) groups excluding carboxylic acids is 1. The van der Waals surface area contributed by atoms with Crippen molar-refractivity contribution in [3.63, 3.8) is 0 Å². The van der Waals surface area contributed by atoms with E-state index in [1.54, 1.807) is 13.0 Å². The largest absolute Gasteiger partial charge is 0.477 e. The minimum absolute atomic E-state index is 0.000376. The van der Waals surface area contributed by atoms with Gasteiger partial charge in [-0.15, -0.1) is 0 Å². The molecule has 9 heteroatoms. The van der Waals surface area contributed by atoms with Crippen molar-refractivity contribution in [3.8, 4) is 17.1 Å². The zero-order valence-electron chi connectivity index (χ0n) is 26.4. The van der Waals surface area contributed by atoms with Crippen molar-refractivity contribution in [3.05, 3.63) is 65.2 Å². The van der Waals surface area contributed by atoms with Crippen LogP contribution in [0.4, 0.5) is 5.95 Å². The Morgan fingerprint density at radius 1 is 1.00 bits per heavy atom. The average Bonchev–Trinajstić information content (AvgIpc) is 3.53. The summed E-state index contributed by atoms with van der Waals surface area (Å²) < 4.78 is 36.5. The molecule has 0 spiro atoms. The smallest absolute Gasteiger partial charge is 0.264 e. The van der Waals surface area contributed by atoms with Gasteiger partial charge < -0.3 is 9.64 Å². The second-order valence-corrected chi connectivity index (χ2v) is 15.4. The summed E-state index contributed by atoms with van der Waals surface area (Å²) >= 11 is 0. The molecule has 0 radical (unpaired) electrons.